The van der Waals surface area contributed by atoms with Gasteiger partial charge in [-0.2, -0.15) is 0 Å². The zero-order valence-corrected chi connectivity index (χ0v) is 20.6. The number of hydrogen-bond donors (Lipinski definition) is 2. The van der Waals surface area contributed by atoms with Crippen molar-refractivity contribution in [3.8, 4) is 0 Å². The first kappa shape index (κ1) is 27.5. The van der Waals surface area contributed by atoms with Gasteiger partial charge >= 0.3 is 12.2 Å². The minimum atomic E-state index is -0.542. The molecule has 29 heavy (non-hydrogen) atoms. The van der Waals surface area contributed by atoms with E-state index in [1.165, 1.54) is 0 Å². The van der Waals surface area contributed by atoms with Crippen molar-refractivity contribution in [3.05, 3.63) is 0 Å². The third kappa shape index (κ3) is 13.4. The number of nitrogens with one attached hydrogen (secondary N) is 2. The summed E-state index contributed by atoms with van der Waals surface area (Å²) in [5.74, 6) is 0.0448. The summed E-state index contributed by atoms with van der Waals surface area (Å²) in [5, 5.41) is 5.77. The average Bonchev–Trinajstić information content (AvgIpc) is 2.38. The van der Waals surface area contributed by atoms with Crippen molar-refractivity contribution >= 4 is 12.2 Å². The summed E-state index contributed by atoms with van der Waals surface area (Å²) >= 11 is 0. The molecule has 0 aromatic heterocycles. The van der Waals surface area contributed by atoms with E-state index in [4.69, 9.17) is 14.2 Å². The van der Waals surface area contributed by atoms with Crippen molar-refractivity contribution in [2.24, 2.45) is 5.92 Å². The first-order valence-electron chi connectivity index (χ1n) is 10.4. The molecular formula is C22H44N2O5. The fraction of sp³-hybridized carbons (Fsp3) is 0.909. The molecule has 7 heteroatoms. The molecule has 0 fully saturated rings. The minimum Gasteiger partial charge on any atom is -0.444 e. The molecule has 0 aromatic carbocycles. The van der Waals surface area contributed by atoms with Gasteiger partial charge in [0.1, 0.15) is 11.2 Å². The molecule has 0 heterocycles. The number of amides is 2. The quantitative estimate of drug-likeness (QED) is 0.580. The minimum absolute atomic E-state index is 0.0448. The van der Waals surface area contributed by atoms with Gasteiger partial charge in [0.2, 0.25) is 0 Å². The Bertz CT molecular complexity index is 544. The summed E-state index contributed by atoms with van der Waals surface area (Å²) in [6.07, 6.45) is -0.250. The van der Waals surface area contributed by atoms with Gasteiger partial charge in [-0.1, -0.05) is 6.92 Å². The molecule has 0 aliphatic heterocycles. The standard InChI is InChI=1S/C22H44N2O5/c1-15(22(11,12)24-18(26)29-20(6,7)8)14-27-21(9,10)13-16(2)23-17(25)28-19(3,4)5/h15-16H,13-14H2,1-12H3,(H,23,25)(H,24,26). The molecule has 2 N–H and O–H groups in total. The molecule has 7 nitrogen and oxygen atoms in total. The van der Waals surface area contributed by atoms with Crippen LogP contribution in [-0.2, 0) is 14.2 Å². The fourth-order valence-electron chi connectivity index (χ4n) is 2.60. The van der Waals surface area contributed by atoms with Crippen molar-refractivity contribution in [1.29, 1.82) is 0 Å². The lowest BCUT2D eigenvalue weighted by Crippen LogP contribution is -2.51. The normalized spacial score (nSPS) is 15.3. The summed E-state index contributed by atoms with van der Waals surface area (Å²) in [7, 11) is 0. The number of carbonyl (C=O) groups is 2. The molecule has 2 unspecified atom stereocenters. The van der Waals surface area contributed by atoms with E-state index >= 15 is 0 Å². The topological polar surface area (TPSA) is 85.9 Å². The third-order valence-electron chi connectivity index (χ3n) is 4.34. The zero-order chi connectivity index (χ0) is 23.3. The molecule has 0 saturated heterocycles. The lowest BCUT2D eigenvalue weighted by molar-refractivity contribution is -0.0542. The van der Waals surface area contributed by atoms with Crippen LogP contribution in [0.1, 0.15) is 89.5 Å². The molecule has 0 aromatic rings. The Morgan fingerprint density at radius 2 is 1.24 bits per heavy atom. The van der Waals surface area contributed by atoms with Crippen LogP contribution in [0.3, 0.4) is 0 Å². The predicted octanol–water partition coefficient (Wildman–Crippen LogP) is 5.02. The van der Waals surface area contributed by atoms with Crippen LogP contribution in [-0.4, -0.2) is 47.2 Å². The van der Waals surface area contributed by atoms with E-state index in [-0.39, 0.29) is 12.0 Å². The van der Waals surface area contributed by atoms with Gasteiger partial charge in [-0.05, 0) is 82.6 Å². The monoisotopic (exact) mass is 416 g/mol. The van der Waals surface area contributed by atoms with Gasteiger partial charge in [0.25, 0.3) is 0 Å². The summed E-state index contributed by atoms with van der Waals surface area (Å²) in [5.41, 5.74) is -2.03. The summed E-state index contributed by atoms with van der Waals surface area (Å²) in [6, 6.07) is -0.108. The molecule has 0 aliphatic rings. The maximum absolute atomic E-state index is 12.1. The smallest absolute Gasteiger partial charge is 0.408 e. The van der Waals surface area contributed by atoms with E-state index in [1.807, 2.05) is 83.1 Å². The molecule has 172 valence electrons. The molecular weight excluding hydrogens is 372 g/mol. The van der Waals surface area contributed by atoms with Crippen LogP contribution >= 0.6 is 0 Å². The highest BCUT2D eigenvalue weighted by Gasteiger charge is 2.32. The molecule has 0 saturated carbocycles. The van der Waals surface area contributed by atoms with Crippen molar-refractivity contribution < 1.29 is 23.8 Å². The zero-order valence-electron chi connectivity index (χ0n) is 20.6. The first-order valence-corrected chi connectivity index (χ1v) is 10.4. The Morgan fingerprint density at radius 3 is 1.69 bits per heavy atom. The lowest BCUT2D eigenvalue weighted by atomic mass is 9.89. The third-order valence-corrected chi connectivity index (χ3v) is 4.34. The number of alkyl carbamates (subject to hydrolysis) is 2. The Morgan fingerprint density at radius 1 is 0.793 bits per heavy atom. The Hall–Kier alpha value is -1.50. The number of rotatable bonds is 8. The van der Waals surface area contributed by atoms with E-state index in [9.17, 15) is 9.59 Å². The number of hydrogen-bond acceptors (Lipinski definition) is 5. The van der Waals surface area contributed by atoms with Gasteiger partial charge < -0.3 is 24.8 Å². The van der Waals surface area contributed by atoms with Crippen molar-refractivity contribution in [3.63, 3.8) is 0 Å². The number of carbonyl (C=O) groups excluding carboxylic acids is 2. The predicted molar refractivity (Wildman–Crippen MR) is 116 cm³/mol. The van der Waals surface area contributed by atoms with Crippen LogP contribution in [0.25, 0.3) is 0 Å². The van der Waals surface area contributed by atoms with Crippen LogP contribution < -0.4 is 10.6 Å². The van der Waals surface area contributed by atoms with E-state index in [0.717, 1.165) is 0 Å². The first-order chi connectivity index (χ1) is 12.7. The van der Waals surface area contributed by atoms with Gasteiger partial charge in [-0.3, -0.25) is 0 Å². The average molecular weight is 417 g/mol. The maximum atomic E-state index is 12.1. The highest BCUT2D eigenvalue weighted by molar-refractivity contribution is 5.68. The van der Waals surface area contributed by atoms with Crippen LogP contribution in [0.5, 0.6) is 0 Å². The van der Waals surface area contributed by atoms with Crippen LogP contribution in [0.4, 0.5) is 9.59 Å². The SMILES string of the molecule is CC(CC(C)(C)OCC(C)C(C)(C)NC(=O)OC(C)(C)C)NC(=O)OC(C)(C)C. The van der Waals surface area contributed by atoms with E-state index in [2.05, 4.69) is 10.6 Å². The van der Waals surface area contributed by atoms with Crippen LogP contribution in [0.15, 0.2) is 0 Å². The maximum Gasteiger partial charge on any atom is 0.408 e. The lowest BCUT2D eigenvalue weighted by Gasteiger charge is -2.36. The van der Waals surface area contributed by atoms with Crippen molar-refractivity contribution in [1.82, 2.24) is 10.6 Å². The number of ether oxygens (including phenoxy) is 3. The highest BCUT2D eigenvalue weighted by atomic mass is 16.6. The van der Waals surface area contributed by atoms with Crippen molar-refractivity contribution in [2.45, 2.75) is 118 Å². The van der Waals surface area contributed by atoms with Crippen molar-refractivity contribution in [2.75, 3.05) is 6.61 Å². The second-order valence-electron chi connectivity index (χ2n) is 11.1. The fourth-order valence-corrected chi connectivity index (χ4v) is 2.60. The summed E-state index contributed by atoms with van der Waals surface area (Å²) in [6.45, 7) is 23.3. The van der Waals surface area contributed by atoms with E-state index in [1.54, 1.807) is 0 Å². The van der Waals surface area contributed by atoms with E-state index in [0.29, 0.717) is 13.0 Å². The molecule has 2 amide bonds. The molecule has 0 rings (SSSR count). The molecule has 0 radical (unpaired) electrons. The summed E-state index contributed by atoms with van der Waals surface area (Å²) < 4.78 is 16.8. The van der Waals surface area contributed by atoms with Gasteiger partial charge in [-0.25, -0.2) is 9.59 Å². The van der Waals surface area contributed by atoms with E-state index < -0.39 is 34.5 Å². The Labute approximate surface area is 177 Å². The van der Waals surface area contributed by atoms with Gasteiger partial charge in [0.15, 0.2) is 0 Å². The van der Waals surface area contributed by atoms with Gasteiger partial charge in [0, 0.05) is 17.5 Å². The van der Waals surface area contributed by atoms with Gasteiger partial charge in [-0.15, -0.1) is 0 Å². The molecule has 2 atom stereocenters. The summed E-state index contributed by atoms with van der Waals surface area (Å²) in [4.78, 5) is 24.0. The highest BCUT2D eigenvalue weighted by Crippen LogP contribution is 2.23. The second kappa shape index (κ2) is 10.0. The largest absolute Gasteiger partial charge is 0.444 e. The van der Waals surface area contributed by atoms with Crippen LogP contribution in [0, 0.1) is 5.92 Å². The van der Waals surface area contributed by atoms with Gasteiger partial charge in [0.05, 0.1) is 12.2 Å². The second-order valence-corrected chi connectivity index (χ2v) is 11.1. The molecule has 0 spiro atoms. The molecule has 0 bridgehead atoms. The molecule has 0 aliphatic carbocycles. The Kier molecular flexibility index (Phi) is 9.49. The Balaban J connectivity index is 4.61. The van der Waals surface area contributed by atoms with Crippen LogP contribution in [0.2, 0.25) is 0 Å².